The molecule has 0 saturated heterocycles. The van der Waals surface area contributed by atoms with Crippen LogP contribution in [0.25, 0.3) is 21.5 Å². The van der Waals surface area contributed by atoms with Gasteiger partial charge in [0.05, 0.1) is 0 Å². The first kappa shape index (κ1) is 23.8. The number of halogens is 4. The number of hydrogen-bond donors (Lipinski definition) is 0. The minimum absolute atomic E-state index is 0.369. The molecule has 0 aromatic heterocycles. The summed E-state index contributed by atoms with van der Waals surface area (Å²) in [5.74, 6) is 0. The molecule has 0 saturated carbocycles. The summed E-state index contributed by atoms with van der Waals surface area (Å²) in [6, 6.07) is 31.6. The molecule has 0 spiro atoms. The van der Waals surface area contributed by atoms with Crippen LogP contribution in [-0.4, -0.2) is 36.2 Å². The molecular formula is C27H27BF4N2. The molecule has 176 valence electrons. The Labute approximate surface area is 197 Å². The van der Waals surface area contributed by atoms with Gasteiger partial charge in [0.15, 0.2) is 0 Å². The van der Waals surface area contributed by atoms with Gasteiger partial charge in [0.25, 0.3) is 0 Å². The molecule has 2 atom stereocenters. The summed E-state index contributed by atoms with van der Waals surface area (Å²) in [6.45, 7) is 6.74. The van der Waals surface area contributed by atoms with E-state index in [0.29, 0.717) is 12.1 Å². The monoisotopic (exact) mass is 466 g/mol. The molecule has 2 nitrogen and oxygen atoms in total. The largest absolute Gasteiger partial charge is 0.673 e. The first-order valence-electron chi connectivity index (χ1n) is 11.4. The molecule has 0 fully saturated rings. The number of fused-ring (bicyclic) bond motifs is 2. The van der Waals surface area contributed by atoms with Gasteiger partial charge in [0.2, 0.25) is 6.34 Å². The maximum Gasteiger partial charge on any atom is 0.673 e. The Morgan fingerprint density at radius 1 is 0.706 bits per heavy atom. The van der Waals surface area contributed by atoms with E-state index in [1.54, 1.807) is 0 Å². The van der Waals surface area contributed by atoms with Crippen molar-refractivity contribution >= 4 is 35.1 Å². The van der Waals surface area contributed by atoms with E-state index in [1.807, 2.05) is 0 Å². The fraction of sp³-hybridized carbons (Fsp3) is 0.222. The maximum absolute atomic E-state index is 9.75. The molecule has 1 aliphatic rings. The molecule has 1 aliphatic heterocycles. The van der Waals surface area contributed by atoms with Crippen molar-refractivity contribution in [1.82, 2.24) is 4.90 Å². The minimum Gasteiger partial charge on any atom is -0.418 e. The van der Waals surface area contributed by atoms with Crippen LogP contribution >= 0.6 is 0 Å². The molecular weight excluding hydrogens is 439 g/mol. The van der Waals surface area contributed by atoms with Crippen LogP contribution in [0.5, 0.6) is 0 Å². The van der Waals surface area contributed by atoms with Crippen molar-refractivity contribution < 1.29 is 21.8 Å². The van der Waals surface area contributed by atoms with E-state index in [2.05, 4.69) is 115 Å². The Kier molecular flexibility index (Phi) is 6.91. The van der Waals surface area contributed by atoms with Gasteiger partial charge in [-0.15, -0.1) is 0 Å². The van der Waals surface area contributed by atoms with Gasteiger partial charge in [-0.05, 0) is 58.7 Å². The van der Waals surface area contributed by atoms with Crippen molar-refractivity contribution in [3.8, 4) is 0 Å². The van der Waals surface area contributed by atoms with E-state index in [1.165, 1.54) is 32.7 Å². The van der Waals surface area contributed by atoms with Gasteiger partial charge in [0, 0.05) is 0 Å². The Balaban J connectivity index is 0.000000499. The second-order valence-corrected chi connectivity index (χ2v) is 8.65. The predicted octanol–water partition coefficient (Wildman–Crippen LogP) is 7.47. The number of nitrogens with zero attached hydrogens (tertiary/aromatic N) is 2. The van der Waals surface area contributed by atoms with Crippen molar-refractivity contribution in [3.63, 3.8) is 0 Å². The smallest absolute Gasteiger partial charge is 0.418 e. The third-order valence-electron chi connectivity index (χ3n) is 6.42. The van der Waals surface area contributed by atoms with Gasteiger partial charge in [-0.25, -0.2) is 0 Å². The van der Waals surface area contributed by atoms with E-state index in [-0.39, 0.29) is 0 Å². The van der Waals surface area contributed by atoms with Gasteiger partial charge in [-0.1, -0.05) is 72.8 Å². The van der Waals surface area contributed by atoms with Crippen molar-refractivity contribution in [2.45, 2.75) is 25.9 Å². The van der Waals surface area contributed by atoms with E-state index >= 15 is 0 Å². The van der Waals surface area contributed by atoms with Gasteiger partial charge in [-0.3, -0.25) is 9.48 Å². The highest BCUT2D eigenvalue weighted by atomic mass is 19.5. The van der Waals surface area contributed by atoms with Crippen LogP contribution in [0.1, 0.15) is 37.1 Å². The fourth-order valence-corrected chi connectivity index (χ4v) is 4.44. The van der Waals surface area contributed by atoms with Gasteiger partial charge < -0.3 is 17.3 Å². The summed E-state index contributed by atoms with van der Waals surface area (Å²) < 4.78 is 41.5. The quantitative estimate of drug-likeness (QED) is 0.172. The van der Waals surface area contributed by atoms with Crippen LogP contribution in [0.15, 0.2) is 84.9 Å². The summed E-state index contributed by atoms with van der Waals surface area (Å²) >= 11 is 0. The van der Waals surface area contributed by atoms with Crippen LogP contribution in [-0.2, 0) is 0 Å². The molecule has 0 unspecified atom stereocenters. The average molecular weight is 466 g/mol. The number of rotatable bonds is 4. The van der Waals surface area contributed by atoms with E-state index in [9.17, 15) is 17.3 Å². The normalized spacial score (nSPS) is 15.6. The molecule has 0 bridgehead atoms. The maximum atomic E-state index is 9.75. The highest BCUT2D eigenvalue weighted by Crippen LogP contribution is 2.27. The summed E-state index contributed by atoms with van der Waals surface area (Å²) in [6.07, 6.45) is 2.33. The summed E-state index contributed by atoms with van der Waals surface area (Å²) in [4.78, 5) is 2.47. The highest BCUT2D eigenvalue weighted by Gasteiger charge is 2.28. The Morgan fingerprint density at radius 3 is 1.74 bits per heavy atom. The Bertz CT molecular complexity index is 1310. The lowest BCUT2D eigenvalue weighted by atomic mass is 10.0. The van der Waals surface area contributed by atoms with Crippen LogP contribution in [0.3, 0.4) is 0 Å². The van der Waals surface area contributed by atoms with Gasteiger partial charge in [-0.2, -0.15) is 0 Å². The minimum atomic E-state index is -6.00. The standard InChI is InChI=1S/C27H27N2.BF4/c1-20(24-13-11-22-7-3-5-9-26(22)17-24)28-15-16-29(19-28)21(2)25-14-12-23-8-4-6-10-27(23)18-25;2-1(3,4)5/h3-14,17-21H,15-16H2,1-2H3;/q+1;-1/t20-,21-;/m0./s1. The second kappa shape index (κ2) is 9.88. The van der Waals surface area contributed by atoms with Crippen molar-refractivity contribution in [3.05, 3.63) is 96.1 Å². The number of hydrogen-bond acceptors (Lipinski definition) is 1. The molecule has 4 aromatic carbocycles. The molecule has 5 rings (SSSR count). The zero-order valence-electron chi connectivity index (χ0n) is 19.2. The molecule has 4 aromatic rings. The molecule has 0 N–H and O–H groups in total. The van der Waals surface area contributed by atoms with E-state index < -0.39 is 7.25 Å². The van der Waals surface area contributed by atoms with Crippen LogP contribution in [0, 0.1) is 0 Å². The first-order chi connectivity index (χ1) is 16.2. The lowest BCUT2D eigenvalue weighted by Gasteiger charge is -2.17. The first-order valence-corrected chi connectivity index (χ1v) is 11.4. The fourth-order valence-electron chi connectivity index (χ4n) is 4.44. The van der Waals surface area contributed by atoms with E-state index in [0.717, 1.165) is 13.1 Å². The molecule has 0 radical (unpaired) electrons. The lowest BCUT2D eigenvalue weighted by Crippen LogP contribution is -2.23. The highest BCUT2D eigenvalue weighted by molar-refractivity contribution is 6.50. The third kappa shape index (κ3) is 5.77. The van der Waals surface area contributed by atoms with Crippen LogP contribution in [0.4, 0.5) is 17.3 Å². The zero-order valence-corrected chi connectivity index (χ0v) is 19.2. The van der Waals surface area contributed by atoms with Crippen LogP contribution < -0.4 is 0 Å². The second-order valence-electron chi connectivity index (χ2n) is 8.65. The van der Waals surface area contributed by atoms with Crippen molar-refractivity contribution in [1.29, 1.82) is 0 Å². The van der Waals surface area contributed by atoms with Gasteiger partial charge >= 0.3 is 7.25 Å². The Morgan fingerprint density at radius 2 is 1.18 bits per heavy atom. The predicted molar refractivity (Wildman–Crippen MR) is 133 cm³/mol. The molecule has 7 heteroatoms. The zero-order chi connectivity index (χ0) is 24.3. The SMILES string of the molecule is C[C@@H](c1ccc2ccccc2c1)N1C=[N+]([C@@H](C)c2ccc3ccccc3c2)CC1.F[B-](F)(F)F. The molecule has 0 aliphatic carbocycles. The summed E-state index contributed by atoms with van der Waals surface area (Å²) in [7, 11) is -6.00. The summed E-state index contributed by atoms with van der Waals surface area (Å²) in [5.41, 5.74) is 2.75. The molecule has 0 amide bonds. The molecule has 34 heavy (non-hydrogen) atoms. The van der Waals surface area contributed by atoms with Crippen LogP contribution in [0.2, 0.25) is 0 Å². The number of benzene rings is 4. The topological polar surface area (TPSA) is 6.25 Å². The van der Waals surface area contributed by atoms with Crippen molar-refractivity contribution in [2.75, 3.05) is 13.1 Å². The lowest BCUT2D eigenvalue weighted by molar-refractivity contribution is -0.555. The third-order valence-corrected chi connectivity index (χ3v) is 6.42. The van der Waals surface area contributed by atoms with Crippen molar-refractivity contribution in [2.24, 2.45) is 0 Å². The average Bonchev–Trinajstić information content (AvgIpc) is 3.32. The summed E-state index contributed by atoms with van der Waals surface area (Å²) in [5, 5.41) is 5.25. The Hall–Kier alpha value is -3.35. The van der Waals surface area contributed by atoms with Gasteiger partial charge in [0.1, 0.15) is 25.2 Å². The molecule has 1 heterocycles. The van der Waals surface area contributed by atoms with E-state index in [4.69, 9.17) is 0 Å².